The van der Waals surface area contributed by atoms with E-state index in [0.717, 1.165) is 10.4 Å². The maximum Gasteiger partial charge on any atom is 0.322 e. The van der Waals surface area contributed by atoms with Gasteiger partial charge in [-0.2, -0.15) is 5.26 Å². The zero-order valence-corrected chi connectivity index (χ0v) is 22.6. The Morgan fingerprint density at radius 2 is 1.79 bits per heavy atom. The maximum atomic E-state index is 13.5. The molecule has 38 heavy (non-hydrogen) atoms. The number of methoxy groups -OCH3 is 3. The Labute approximate surface area is 227 Å². The van der Waals surface area contributed by atoms with E-state index in [0.29, 0.717) is 42.3 Å². The van der Waals surface area contributed by atoms with Crippen LogP contribution in [0.25, 0.3) is 0 Å². The van der Waals surface area contributed by atoms with Gasteiger partial charge in [-0.1, -0.05) is 18.2 Å². The Balaban J connectivity index is 1.74. The number of nitrogens with one attached hydrogen (secondary N) is 1. The van der Waals surface area contributed by atoms with Crippen LogP contribution < -0.4 is 14.8 Å². The van der Waals surface area contributed by atoms with E-state index in [1.165, 1.54) is 4.90 Å². The van der Waals surface area contributed by atoms with Gasteiger partial charge in [0.1, 0.15) is 6.54 Å². The van der Waals surface area contributed by atoms with Crippen molar-refractivity contribution in [1.82, 2.24) is 9.80 Å². The number of hydrogen-bond donors (Lipinski definition) is 1. The third kappa shape index (κ3) is 8.23. The predicted octanol–water partition coefficient (Wildman–Crippen LogP) is 4.39. The first-order valence-corrected chi connectivity index (χ1v) is 12.9. The molecule has 0 radical (unpaired) electrons. The minimum atomic E-state index is -0.443. The molecule has 3 rings (SSSR count). The van der Waals surface area contributed by atoms with Crippen molar-refractivity contribution in [2.75, 3.05) is 52.9 Å². The van der Waals surface area contributed by atoms with Crippen LogP contribution in [0.4, 0.5) is 10.5 Å². The number of rotatable bonds is 13. The van der Waals surface area contributed by atoms with Crippen LogP contribution in [0.1, 0.15) is 16.0 Å². The van der Waals surface area contributed by atoms with Crippen molar-refractivity contribution < 1.29 is 23.8 Å². The highest BCUT2D eigenvalue weighted by molar-refractivity contribution is 7.09. The molecule has 1 heterocycles. The monoisotopic (exact) mass is 536 g/mol. The van der Waals surface area contributed by atoms with E-state index in [1.807, 2.05) is 35.7 Å². The van der Waals surface area contributed by atoms with Crippen LogP contribution in [0.2, 0.25) is 0 Å². The molecule has 10 heteroatoms. The molecule has 1 aromatic heterocycles. The lowest BCUT2D eigenvalue weighted by atomic mass is 10.1. The number of thiophene rings is 1. The molecule has 0 fully saturated rings. The molecule has 2 aromatic carbocycles. The van der Waals surface area contributed by atoms with Crippen LogP contribution in [0.15, 0.2) is 60.0 Å². The predicted molar refractivity (Wildman–Crippen MR) is 147 cm³/mol. The van der Waals surface area contributed by atoms with E-state index in [2.05, 4.69) is 11.4 Å². The van der Waals surface area contributed by atoms with E-state index in [1.54, 1.807) is 61.8 Å². The summed E-state index contributed by atoms with van der Waals surface area (Å²) in [6, 6.07) is 17.9. The fourth-order valence-corrected chi connectivity index (χ4v) is 4.49. The lowest BCUT2D eigenvalue weighted by Crippen LogP contribution is -2.46. The molecule has 0 bridgehead atoms. The quantitative estimate of drug-likeness (QED) is 0.348. The number of carbonyl (C=O) groups excluding carboxylic acids is 2. The van der Waals surface area contributed by atoms with Crippen molar-refractivity contribution in [2.45, 2.75) is 13.0 Å². The molecule has 200 valence electrons. The zero-order chi connectivity index (χ0) is 27.3. The first-order chi connectivity index (χ1) is 18.5. The van der Waals surface area contributed by atoms with Crippen LogP contribution >= 0.6 is 11.3 Å². The van der Waals surface area contributed by atoms with Crippen LogP contribution in [0, 0.1) is 11.3 Å². The van der Waals surface area contributed by atoms with Crippen LogP contribution in [0.3, 0.4) is 0 Å². The summed E-state index contributed by atoms with van der Waals surface area (Å²) in [7, 11) is 4.72. The normalized spacial score (nSPS) is 10.4. The third-order valence-corrected chi connectivity index (χ3v) is 6.68. The second-order valence-electron chi connectivity index (χ2n) is 8.37. The standard InChI is InChI=1S/C28H32N4O5S/c1-35-14-13-32(28(34)30-23-7-4-6-22(16-23)18-29)20-27(33)31(19-24-8-5-15-38-24)12-11-21-9-10-25(36-2)26(17-21)37-3/h4-10,15-17H,11-14,19-20H2,1-3H3,(H,30,34). The molecule has 3 amide bonds. The van der Waals surface area contributed by atoms with E-state index >= 15 is 0 Å². The van der Waals surface area contributed by atoms with Crippen molar-refractivity contribution in [3.8, 4) is 17.6 Å². The summed E-state index contributed by atoms with van der Waals surface area (Å²) in [5.74, 6) is 1.09. The van der Waals surface area contributed by atoms with Gasteiger partial charge in [0.15, 0.2) is 11.5 Å². The third-order valence-electron chi connectivity index (χ3n) is 5.82. The number of benzene rings is 2. The number of nitriles is 1. The first-order valence-electron chi connectivity index (χ1n) is 12.0. The molecular formula is C28H32N4O5S. The SMILES string of the molecule is COCCN(CC(=O)N(CCc1ccc(OC)c(OC)c1)Cc1cccs1)C(=O)Nc1cccc(C#N)c1. The number of nitrogens with zero attached hydrogens (tertiary/aromatic N) is 3. The second kappa shape index (κ2) is 14.6. The molecule has 0 aliphatic carbocycles. The summed E-state index contributed by atoms with van der Waals surface area (Å²) >= 11 is 1.58. The van der Waals surface area contributed by atoms with Gasteiger partial charge in [-0.05, 0) is 53.8 Å². The lowest BCUT2D eigenvalue weighted by Gasteiger charge is -2.28. The summed E-state index contributed by atoms with van der Waals surface area (Å²) < 4.78 is 15.9. The van der Waals surface area contributed by atoms with E-state index < -0.39 is 6.03 Å². The summed E-state index contributed by atoms with van der Waals surface area (Å²) in [5.41, 5.74) is 1.91. The molecular weight excluding hydrogens is 504 g/mol. The number of ether oxygens (including phenoxy) is 3. The molecule has 0 aliphatic rings. The highest BCUT2D eigenvalue weighted by atomic mass is 32.1. The highest BCUT2D eigenvalue weighted by Gasteiger charge is 2.22. The molecule has 1 N–H and O–H groups in total. The smallest absolute Gasteiger partial charge is 0.322 e. The molecule has 0 saturated heterocycles. The fourth-order valence-electron chi connectivity index (χ4n) is 3.77. The van der Waals surface area contributed by atoms with Gasteiger partial charge in [0.2, 0.25) is 5.91 Å². The van der Waals surface area contributed by atoms with Gasteiger partial charge >= 0.3 is 6.03 Å². The van der Waals surface area contributed by atoms with Gasteiger partial charge in [-0.25, -0.2) is 4.79 Å². The molecule has 0 atom stereocenters. The topological polar surface area (TPSA) is 104 Å². The largest absolute Gasteiger partial charge is 0.493 e. The Morgan fingerprint density at radius 3 is 2.47 bits per heavy atom. The number of amides is 3. The molecule has 0 unspecified atom stereocenters. The minimum absolute atomic E-state index is 0.121. The van der Waals surface area contributed by atoms with Crippen molar-refractivity contribution in [2.24, 2.45) is 0 Å². The lowest BCUT2D eigenvalue weighted by molar-refractivity contribution is -0.132. The van der Waals surface area contributed by atoms with Gasteiger partial charge in [0.05, 0.1) is 39.0 Å². The van der Waals surface area contributed by atoms with Gasteiger partial charge in [-0.15, -0.1) is 11.3 Å². The van der Waals surface area contributed by atoms with Crippen molar-refractivity contribution in [3.63, 3.8) is 0 Å². The van der Waals surface area contributed by atoms with E-state index in [9.17, 15) is 9.59 Å². The average Bonchev–Trinajstić information content (AvgIpc) is 3.46. The van der Waals surface area contributed by atoms with E-state index in [4.69, 9.17) is 19.5 Å². The van der Waals surface area contributed by atoms with Crippen molar-refractivity contribution in [1.29, 1.82) is 5.26 Å². The molecule has 3 aromatic rings. The molecule has 0 aliphatic heterocycles. The van der Waals surface area contributed by atoms with Crippen LogP contribution in [-0.2, 0) is 22.5 Å². The van der Waals surface area contributed by atoms with Crippen molar-refractivity contribution >= 4 is 29.0 Å². The molecule has 9 nitrogen and oxygen atoms in total. The average molecular weight is 537 g/mol. The van der Waals surface area contributed by atoms with Crippen LogP contribution in [0.5, 0.6) is 11.5 Å². The van der Waals surface area contributed by atoms with Crippen LogP contribution in [-0.4, -0.2) is 69.3 Å². The van der Waals surface area contributed by atoms with Gasteiger partial charge < -0.3 is 29.3 Å². The minimum Gasteiger partial charge on any atom is -0.493 e. The van der Waals surface area contributed by atoms with Gasteiger partial charge in [0.25, 0.3) is 0 Å². The Bertz CT molecular complexity index is 1240. The van der Waals surface area contributed by atoms with E-state index in [-0.39, 0.29) is 25.6 Å². The summed E-state index contributed by atoms with van der Waals surface area (Å²) in [6.07, 6.45) is 0.600. The summed E-state index contributed by atoms with van der Waals surface area (Å²) in [4.78, 5) is 30.8. The summed E-state index contributed by atoms with van der Waals surface area (Å²) in [6.45, 7) is 1.28. The Morgan fingerprint density at radius 1 is 0.974 bits per heavy atom. The summed E-state index contributed by atoms with van der Waals surface area (Å²) in [5, 5.41) is 13.9. The zero-order valence-electron chi connectivity index (χ0n) is 21.8. The number of urea groups is 1. The maximum absolute atomic E-state index is 13.5. The fraction of sp³-hybridized carbons (Fsp3) is 0.321. The number of anilines is 1. The highest BCUT2D eigenvalue weighted by Crippen LogP contribution is 2.28. The first kappa shape index (κ1) is 28.5. The molecule has 0 spiro atoms. The van der Waals surface area contributed by atoms with Gasteiger partial charge in [-0.3, -0.25) is 4.79 Å². The van der Waals surface area contributed by atoms with Gasteiger partial charge in [0, 0.05) is 30.8 Å². The molecule has 0 saturated carbocycles. The number of carbonyl (C=O) groups is 2. The Hall–Kier alpha value is -4.07. The Kier molecular flexibility index (Phi) is 11.0. The number of hydrogen-bond acceptors (Lipinski definition) is 7. The second-order valence-corrected chi connectivity index (χ2v) is 9.40. The van der Waals surface area contributed by atoms with Crippen molar-refractivity contribution in [3.05, 3.63) is 76.0 Å².